The molecule has 0 radical (unpaired) electrons. The highest BCUT2D eigenvalue weighted by atomic mass is 16.4. The number of hydrogen-bond acceptors (Lipinski definition) is 4. The van der Waals surface area contributed by atoms with E-state index in [2.05, 4.69) is 11.4 Å². The van der Waals surface area contributed by atoms with Crippen LogP contribution in [0.25, 0.3) is 10.8 Å². The number of carbonyl (C=O) groups excluding carboxylic acids is 2. The van der Waals surface area contributed by atoms with Gasteiger partial charge in [0.15, 0.2) is 5.54 Å². The van der Waals surface area contributed by atoms with Gasteiger partial charge in [0.2, 0.25) is 0 Å². The smallest absolute Gasteiger partial charge is 0.325 e. The van der Waals surface area contributed by atoms with Crippen molar-refractivity contribution in [2.45, 2.75) is 45.2 Å². The number of carboxylic acids is 1. The third-order valence-corrected chi connectivity index (χ3v) is 7.87. The quantitative estimate of drug-likeness (QED) is 0.728. The fraction of sp³-hybridized carbons (Fsp3) is 0.417. The van der Waals surface area contributed by atoms with Crippen LogP contribution in [0, 0.1) is 28.1 Å². The van der Waals surface area contributed by atoms with E-state index < -0.39 is 40.2 Å². The zero-order valence-corrected chi connectivity index (χ0v) is 17.6. The standard InChI is InChI=1S/C24H23N3O4/c1-22(2,3)23-11-14(10-18(23)19(28)29)27-21(31)26-20(30)24(23,27)17-9-8-13(12-25)15-6-4-5-7-16(15)17/h4-9,14,18H,10-11H2,1-3H3,(H,28,29)(H,26,30,31). The largest absolute Gasteiger partial charge is 0.481 e. The molecule has 2 saturated heterocycles. The highest BCUT2D eigenvalue weighted by molar-refractivity contribution is 6.12. The lowest BCUT2D eigenvalue weighted by Crippen LogP contribution is -2.64. The number of aliphatic carboxylic acids is 1. The van der Waals surface area contributed by atoms with Crippen molar-refractivity contribution < 1.29 is 19.5 Å². The Morgan fingerprint density at radius 1 is 1.19 bits per heavy atom. The van der Waals surface area contributed by atoms with Gasteiger partial charge in [-0.05, 0) is 40.7 Å². The first-order valence-corrected chi connectivity index (χ1v) is 10.4. The second-order valence-corrected chi connectivity index (χ2v) is 9.86. The number of amides is 3. The molecule has 2 bridgehead atoms. The van der Waals surface area contributed by atoms with E-state index in [1.54, 1.807) is 17.0 Å². The maximum absolute atomic E-state index is 13.8. The summed E-state index contributed by atoms with van der Waals surface area (Å²) in [4.78, 5) is 40.9. The molecule has 4 atom stereocenters. The third kappa shape index (κ3) is 2.01. The first kappa shape index (κ1) is 19.6. The molecule has 7 heteroatoms. The number of piperidine rings is 1. The Kier molecular flexibility index (Phi) is 3.69. The minimum atomic E-state index is -1.46. The summed E-state index contributed by atoms with van der Waals surface area (Å²) in [6.45, 7) is 5.87. The van der Waals surface area contributed by atoms with Crippen LogP contribution >= 0.6 is 0 Å². The Hall–Kier alpha value is -3.40. The Morgan fingerprint density at radius 2 is 1.87 bits per heavy atom. The van der Waals surface area contributed by atoms with Crippen molar-refractivity contribution in [3.63, 3.8) is 0 Å². The number of carbonyl (C=O) groups is 3. The van der Waals surface area contributed by atoms with Crippen molar-refractivity contribution >= 4 is 28.7 Å². The summed E-state index contributed by atoms with van der Waals surface area (Å²) in [5.74, 6) is -2.20. The highest BCUT2D eigenvalue weighted by Crippen LogP contribution is 2.73. The van der Waals surface area contributed by atoms with Crippen LogP contribution in [0.1, 0.15) is 44.7 Å². The number of rotatable bonds is 2. The first-order chi connectivity index (χ1) is 14.6. The summed E-state index contributed by atoms with van der Waals surface area (Å²) in [7, 11) is 0. The van der Waals surface area contributed by atoms with E-state index in [1.165, 1.54) is 0 Å². The molecule has 0 spiro atoms. The fourth-order valence-electron chi connectivity index (χ4n) is 6.92. The molecule has 158 valence electrons. The van der Waals surface area contributed by atoms with E-state index in [0.717, 1.165) is 0 Å². The van der Waals surface area contributed by atoms with Crippen LogP contribution < -0.4 is 5.32 Å². The monoisotopic (exact) mass is 417 g/mol. The van der Waals surface area contributed by atoms with Gasteiger partial charge in [-0.3, -0.25) is 14.9 Å². The number of hydrogen-bond donors (Lipinski definition) is 2. The average molecular weight is 417 g/mol. The van der Waals surface area contributed by atoms with Gasteiger partial charge in [-0.15, -0.1) is 0 Å². The second kappa shape index (κ2) is 5.85. The van der Waals surface area contributed by atoms with Crippen molar-refractivity contribution in [1.29, 1.82) is 5.26 Å². The molecule has 3 aliphatic rings. The van der Waals surface area contributed by atoms with E-state index in [0.29, 0.717) is 34.7 Å². The van der Waals surface area contributed by atoms with E-state index in [4.69, 9.17) is 0 Å². The Balaban J connectivity index is 1.95. The normalized spacial score (nSPS) is 31.6. The lowest BCUT2D eigenvalue weighted by molar-refractivity contribution is -0.165. The molecular weight excluding hydrogens is 394 g/mol. The molecule has 5 rings (SSSR count). The van der Waals surface area contributed by atoms with E-state index >= 15 is 0 Å². The summed E-state index contributed by atoms with van der Waals surface area (Å²) in [6, 6.07) is 12.1. The van der Waals surface area contributed by atoms with Crippen molar-refractivity contribution in [3.8, 4) is 6.07 Å². The minimum absolute atomic E-state index is 0.323. The van der Waals surface area contributed by atoms with Crippen LogP contribution in [-0.2, 0) is 15.1 Å². The molecule has 31 heavy (non-hydrogen) atoms. The van der Waals surface area contributed by atoms with Gasteiger partial charge >= 0.3 is 12.0 Å². The molecule has 2 heterocycles. The maximum atomic E-state index is 13.8. The molecule has 2 aromatic carbocycles. The second-order valence-electron chi connectivity index (χ2n) is 9.86. The lowest BCUT2D eigenvalue weighted by atomic mass is 9.49. The predicted molar refractivity (Wildman–Crippen MR) is 112 cm³/mol. The summed E-state index contributed by atoms with van der Waals surface area (Å²) in [6.07, 6.45) is 0.768. The van der Waals surface area contributed by atoms with E-state index in [1.807, 2.05) is 45.0 Å². The number of nitrogens with zero attached hydrogens (tertiary/aromatic N) is 2. The fourth-order valence-corrected chi connectivity index (χ4v) is 6.92. The zero-order valence-electron chi connectivity index (χ0n) is 17.6. The van der Waals surface area contributed by atoms with Crippen molar-refractivity contribution in [1.82, 2.24) is 10.2 Å². The molecule has 7 nitrogen and oxygen atoms in total. The summed E-state index contributed by atoms with van der Waals surface area (Å²) < 4.78 is 0. The lowest BCUT2D eigenvalue weighted by Gasteiger charge is -2.55. The number of urea groups is 1. The van der Waals surface area contributed by atoms with Crippen LogP contribution in [-0.4, -0.2) is 34.0 Å². The molecule has 3 fully saturated rings. The van der Waals surface area contributed by atoms with Gasteiger partial charge < -0.3 is 10.0 Å². The molecule has 1 aliphatic carbocycles. The van der Waals surface area contributed by atoms with Gasteiger partial charge in [0.05, 0.1) is 17.6 Å². The summed E-state index contributed by atoms with van der Waals surface area (Å²) in [5.41, 5.74) is -2.01. The van der Waals surface area contributed by atoms with E-state index in [-0.39, 0.29) is 6.04 Å². The number of benzene rings is 2. The third-order valence-electron chi connectivity index (χ3n) is 7.87. The maximum Gasteiger partial charge on any atom is 0.325 e. The summed E-state index contributed by atoms with van der Waals surface area (Å²) in [5, 5.41) is 23.7. The minimum Gasteiger partial charge on any atom is -0.481 e. The number of fused-ring (bicyclic) bond motifs is 6. The topological polar surface area (TPSA) is 110 Å². The summed E-state index contributed by atoms with van der Waals surface area (Å²) >= 11 is 0. The van der Waals surface area contributed by atoms with Crippen LogP contribution in [0.15, 0.2) is 36.4 Å². The van der Waals surface area contributed by atoms with Gasteiger partial charge in [0.25, 0.3) is 5.91 Å². The number of nitriles is 1. The average Bonchev–Trinajstić information content (AvgIpc) is 3.34. The van der Waals surface area contributed by atoms with Gasteiger partial charge in [0.1, 0.15) is 0 Å². The molecule has 2 aromatic rings. The molecule has 2 aliphatic heterocycles. The van der Waals surface area contributed by atoms with Crippen LogP contribution in [0.5, 0.6) is 0 Å². The van der Waals surface area contributed by atoms with Gasteiger partial charge in [-0.1, -0.05) is 51.1 Å². The Labute approximate surface area is 179 Å². The molecule has 4 unspecified atom stereocenters. The Morgan fingerprint density at radius 3 is 2.48 bits per heavy atom. The number of nitrogens with one attached hydrogen (secondary N) is 1. The van der Waals surface area contributed by atoms with E-state index in [9.17, 15) is 24.8 Å². The molecule has 2 N–H and O–H groups in total. The molecule has 0 aromatic heterocycles. The molecular formula is C24H23N3O4. The SMILES string of the molecule is CC(C)(C)C12CC(CC1C(=O)O)N1C(=O)NC(=O)C12c1ccc(C#N)c2ccccc12. The van der Waals surface area contributed by atoms with Crippen LogP contribution in [0.2, 0.25) is 0 Å². The van der Waals surface area contributed by atoms with Crippen LogP contribution in [0.4, 0.5) is 4.79 Å². The number of carboxylic acid groups (broad SMARTS) is 1. The van der Waals surface area contributed by atoms with Crippen molar-refractivity contribution in [2.24, 2.45) is 16.7 Å². The Bertz CT molecular complexity index is 1220. The predicted octanol–water partition coefficient (Wildman–Crippen LogP) is 3.37. The van der Waals surface area contributed by atoms with Crippen LogP contribution in [0.3, 0.4) is 0 Å². The molecule has 3 amide bonds. The van der Waals surface area contributed by atoms with Crippen molar-refractivity contribution in [2.75, 3.05) is 0 Å². The van der Waals surface area contributed by atoms with Gasteiger partial charge in [-0.25, -0.2) is 4.79 Å². The number of imide groups is 1. The molecule has 1 saturated carbocycles. The van der Waals surface area contributed by atoms with Gasteiger partial charge in [0, 0.05) is 11.5 Å². The van der Waals surface area contributed by atoms with Crippen molar-refractivity contribution in [3.05, 3.63) is 47.5 Å². The zero-order chi connectivity index (χ0) is 22.3. The van der Waals surface area contributed by atoms with Gasteiger partial charge in [-0.2, -0.15) is 5.26 Å². The highest BCUT2D eigenvalue weighted by Gasteiger charge is 2.81. The first-order valence-electron chi connectivity index (χ1n) is 10.4.